The van der Waals surface area contributed by atoms with Gasteiger partial charge in [-0.1, -0.05) is 13.3 Å². The summed E-state index contributed by atoms with van der Waals surface area (Å²) in [5, 5.41) is 0. The van der Waals surface area contributed by atoms with E-state index in [1.807, 2.05) is 0 Å². The molecule has 0 N–H and O–H groups in total. The number of hydrogen-bond acceptors (Lipinski definition) is 3. The van der Waals surface area contributed by atoms with E-state index < -0.39 is 0 Å². The van der Waals surface area contributed by atoms with Crippen LogP contribution in [0, 0.1) is 23.7 Å². The zero-order chi connectivity index (χ0) is 13.0. The molecule has 3 heterocycles. The van der Waals surface area contributed by atoms with Crippen molar-refractivity contribution in [1.29, 1.82) is 0 Å². The van der Waals surface area contributed by atoms with Crippen molar-refractivity contribution in [3.63, 3.8) is 0 Å². The van der Waals surface area contributed by atoms with Gasteiger partial charge in [0.05, 0.1) is 6.42 Å². The predicted octanol–water partition coefficient (Wildman–Crippen LogP) is 2.45. The maximum Gasteiger partial charge on any atom is 0.306 e. The highest BCUT2D eigenvalue weighted by molar-refractivity contribution is 5.72. The Hall–Kier alpha value is -0.570. The zero-order valence-corrected chi connectivity index (χ0v) is 11.9. The summed E-state index contributed by atoms with van der Waals surface area (Å²) in [5.41, 5.74) is 0. The Morgan fingerprint density at radius 2 is 2.05 bits per heavy atom. The van der Waals surface area contributed by atoms with Crippen molar-refractivity contribution in [2.45, 2.75) is 57.6 Å². The second kappa shape index (κ2) is 4.47. The topological polar surface area (TPSA) is 29.5 Å². The number of rotatable bonds is 1. The van der Waals surface area contributed by atoms with E-state index in [0.717, 1.165) is 17.9 Å². The molecule has 3 heteroatoms. The van der Waals surface area contributed by atoms with Crippen LogP contribution in [0.25, 0.3) is 0 Å². The minimum Gasteiger partial charge on any atom is -0.462 e. The molecule has 106 valence electrons. The molecule has 0 radical (unpaired) electrons. The minimum atomic E-state index is 0.0726. The Bertz CT molecular complexity index is 375. The Morgan fingerprint density at radius 3 is 2.89 bits per heavy atom. The lowest BCUT2D eigenvalue weighted by Gasteiger charge is -2.47. The summed E-state index contributed by atoms with van der Waals surface area (Å²) in [7, 11) is 0. The Labute approximate surface area is 115 Å². The first-order chi connectivity index (χ1) is 9.29. The van der Waals surface area contributed by atoms with Crippen molar-refractivity contribution in [1.82, 2.24) is 4.90 Å². The first-order valence-electron chi connectivity index (χ1n) is 8.23. The van der Waals surface area contributed by atoms with Crippen LogP contribution in [-0.2, 0) is 9.53 Å². The molecule has 0 bridgehead atoms. The van der Waals surface area contributed by atoms with Gasteiger partial charge in [-0.3, -0.25) is 9.69 Å². The van der Waals surface area contributed by atoms with Crippen LogP contribution in [0.5, 0.6) is 0 Å². The third kappa shape index (κ3) is 1.70. The number of carbonyl (C=O) groups excluding carboxylic acids is 1. The average molecular weight is 263 g/mol. The van der Waals surface area contributed by atoms with Gasteiger partial charge in [-0.2, -0.15) is 0 Å². The fraction of sp³-hybridized carbons (Fsp3) is 0.938. The van der Waals surface area contributed by atoms with Crippen LogP contribution in [0.2, 0.25) is 0 Å². The van der Waals surface area contributed by atoms with Gasteiger partial charge in [0.25, 0.3) is 0 Å². The highest BCUT2D eigenvalue weighted by Gasteiger charge is 2.57. The second-order valence-electron chi connectivity index (χ2n) is 7.03. The smallest absolute Gasteiger partial charge is 0.306 e. The molecule has 4 aliphatic rings. The van der Waals surface area contributed by atoms with Crippen molar-refractivity contribution in [3.8, 4) is 0 Å². The van der Waals surface area contributed by atoms with E-state index in [2.05, 4.69) is 11.8 Å². The second-order valence-corrected chi connectivity index (χ2v) is 7.03. The summed E-state index contributed by atoms with van der Waals surface area (Å²) < 4.78 is 5.75. The van der Waals surface area contributed by atoms with Crippen LogP contribution in [-0.4, -0.2) is 36.1 Å². The summed E-state index contributed by atoms with van der Waals surface area (Å²) in [5.74, 6) is 2.75. The van der Waals surface area contributed by atoms with Gasteiger partial charge in [0, 0.05) is 17.9 Å². The van der Waals surface area contributed by atoms with Gasteiger partial charge in [-0.25, -0.2) is 0 Å². The van der Waals surface area contributed by atoms with Crippen molar-refractivity contribution in [2.24, 2.45) is 23.7 Å². The molecule has 0 amide bonds. The van der Waals surface area contributed by atoms with Crippen LogP contribution in [0.15, 0.2) is 0 Å². The van der Waals surface area contributed by atoms with E-state index in [-0.39, 0.29) is 12.1 Å². The first-order valence-corrected chi connectivity index (χ1v) is 8.23. The van der Waals surface area contributed by atoms with Crippen LogP contribution in [0.1, 0.15) is 45.4 Å². The van der Waals surface area contributed by atoms with Gasteiger partial charge in [0.2, 0.25) is 0 Å². The lowest BCUT2D eigenvalue weighted by molar-refractivity contribution is -0.147. The maximum absolute atomic E-state index is 11.8. The van der Waals surface area contributed by atoms with Crippen LogP contribution in [0.3, 0.4) is 0 Å². The summed E-state index contributed by atoms with van der Waals surface area (Å²) in [4.78, 5) is 14.5. The molecule has 0 aromatic rings. The largest absolute Gasteiger partial charge is 0.462 e. The van der Waals surface area contributed by atoms with Crippen molar-refractivity contribution < 1.29 is 9.53 Å². The lowest BCUT2D eigenvalue weighted by atomic mass is 9.62. The van der Waals surface area contributed by atoms with Gasteiger partial charge in [-0.15, -0.1) is 0 Å². The molecule has 19 heavy (non-hydrogen) atoms. The van der Waals surface area contributed by atoms with Crippen LogP contribution in [0.4, 0.5) is 0 Å². The molecule has 3 aliphatic heterocycles. The quantitative estimate of drug-likeness (QED) is 0.681. The molecule has 3 saturated heterocycles. The molecule has 6 atom stereocenters. The van der Waals surface area contributed by atoms with Gasteiger partial charge in [0.15, 0.2) is 0 Å². The minimum absolute atomic E-state index is 0.0726. The molecule has 4 rings (SSSR count). The number of nitrogens with zero attached hydrogens (tertiary/aromatic N) is 1. The Balaban J connectivity index is 1.71. The molecule has 0 aromatic carbocycles. The number of ether oxygens (including phenoxy) is 1. The highest BCUT2D eigenvalue weighted by atomic mass is 16.6. The summed E-state index contributed by atoms with van der Waals surface area (Å²) >= 11 is 0. The normalized spacial score (nSPS) is 49.4. The van der Waals surface area contributed by atoms with E-state index in [9.17, 15) is 4.79 Å². The monoisotopic (exact) mass is 263 g/mol. The summed E-state index contributed by atoms with van der Waals surface area (Å²) in [6, 6.07) is 0.767. The number of hydrogen-bond donors (Lipinski definition) is 0. The predicted molar refractivity (Wildman–Crippen MR) is 72.6 cm³/mol. The molecule has 1 saturated carbocycles. The van der Waals surface area contributed by atoms with E-state index in [4.69, 9.17) is 4.74 Å². The molecule has 0 aromatic heterocycles. The maximum atomic E-state index is 11.8. The average Bonchev–Trinajstić information content (AvgIpc) is 2.91. The SMILES string of the molecule is CC[C@H]1C2OC(=O)C[C@H]2[C@@H]2CCN3CCCC[C@H]1[C@H]23. The van der Waals surface area contributed by atoms with Gasteiger partial charge < -0.3 is 4.74 Å². The van der Waals surface area contributed by atoms with E-state index in [1.165, 1.54) is 45.2 Å². The molecular weight excluding hydrogens is 238 g/mol. The van der Waals surface area contributed by atoms with Gasteiger partial charge in [-0.05, 0) is 50.6 Å². The molecular formula is C16H25NO2. The Morgan fingerprint density at radius 1 is 1.16 bits per heavy atom. The molecule has 0 spiro atoms. The number of esters is 1. The van der Waals surface area contributed by atoms with E-state index in [1.54, 1.807) is 0 Å². The fourth-order valence-electron chi connectivity index (χ4n) is 5.73. The van der Waals surface area contributed by atoms with Crippen LogP contribution < -0.4 is 0 Å². The molecule has 3 nitrogen and oxygen atoms in total. The zero-order valence-electron chi connectivity index (χ0n) is 11.9. The van der Waals surface area contributed by atoms with E-state index in [0.29, 0.717) is 18.3 Å². The standard InChI is InChI=1S/C16H25NO2/c1-2-10-11-5-3-4-7-17-8-6-12(15(11)17)13-9-14(18)19-16(10)13/h10-13,15-16H,2-9H2,1H3/t10-,11-,12+,13+,15-,16?/m1/s1. The van der Waals surface area contributed by atoms with E-state index >= 15 is 0 Å². The lowest BCUT2D eigenvalue weighted by Crippen LogP contribution is -2.52. The fourth-order valence-corrected chi connectivity index (χ4v) is 5.73. The summed E-state index contributed by atoms with van der Waals surface area (Å²) in [6.07, 6.45) is 7.52. The molecule has 1 aliphatic carbocycles. The van der Waals surface area contributed by atoms with Crippen LogP contribution >= 0.6 is 0 Å². The third-order valence-electron chi connectivity index (χ3n) is 6.37. The van der Waals surface area contributed by atoms with Gasteiger partial charge >= 0.3 is 5.97 Å². The first kappa shape index (κ1) is 12.2. The number of carbonyl (C=O) groups is 1. The molecule has 1 unspecified atom stereocenters. The van der Waals surface area contributed by atoms with Crippen molar-refractivity contribution in [2.75, 3.05) is 13.1 Å². The number of fused-ring (bicyclic) bond motifs is 2. The third-order valence-corrected chi connectivity index (χ3v) is 6.37. The molecule has 4 fully saturated rings. The van der Waals surface area contributed by atoms with Gasteiger partial charge in [0.1, 0.15) is 6.10 Å². The Kier molecular flexibility index (Phi) is 2.87. The van der Waals surface area contributed by atoms with Crippen molar-refractivity contribution >= 4 is 5.97 Å². The van der Waals surface area contributed by atoms with Crippen molar-refractivity contribution in [3.05, 3.63) is 0 Å². The summed E-state index contributed by atoms with van der Waals surface area (Å²) in [6.45, 7) is 4.85. The highest BCUT2D eigenvalue weighted by Crippen LogP contribution is 2.53.